The van der Waals surface area contributed by atoms with Gasteiger partial charge >= 0.3 is 0 Å². The molecule has 0 atom stereocenters. The summed E-state index contributed by atoms with van der Waals surface area (Å²) in [7, 11) is 0. The Labute approximate surface area is 382 Å². The molecule has 9 aromatic carbocycles. The lowest BCUT2D eigenvalue weighted by Crippen LogP contribution is -2.13. The first-order chi connectivity index (χ1) is 32.3. The molecule has 310 valence electrons. The minimum atomic E-state index is -0.209. The fourth-order valence-electron chi connectivity index (χ4n) is 10.4. The maximum Gasteiger partial charge on any atom is 0.188 e. The van der Waals surface area contributed by atoms with Crippen LogP contribution in [0.3, 0.4) is 0 Å². The normalized spacial score (nSPS) is 11.8. The van der Waals surface area contributed by atoms with Gasteiger partial charge in [-0.1, -0.05) is 106 Å². The molecule has 0 aliphatic rings. The maximum absolute atomic E-state index is 9.93. The lowest BCUT2D eigenvalue weighted by molar-refractivity contribution is 0.601. The van der Waals surface area contributed by atoms with Crippen LogP contribution in [0.4, 0.5) is 5.69 Å². The molecule has 3 heterocycles. The highest BCUT2D eigenvalue weighted by molar-refractivity contribution is 6.18. The Bertz CT molecular complexity index is 4030. The van der Waals surface area contributed by atoms with Gasteiger partial charge in [0.25, 0.3) is 0 Å². The summed E-state index contributed by atoms with van der Waals surface area (Å²) in [6, 6.07) is 68.8. The van der Waals surface area contributed by atoms with Crippen LogP contribution in [0.5, 0.6) is 0 Å². The minimum Gasteiger partial charge on any atom is -0.309 e. The number of hydrogen-bond donors (Lipinski definition) is 0. The van der Waals surface area contributed by atoms with Crippen LogP contribution >= 0.6 is 0 Å². The maximum atomic E-state index is 9.93. The highest BCUT2D eigenvalue weighted by atomic mass is 15.0. The average molecular weight is 844 g/mol. The van der Waals surface area contributed by atoms with E-state index in [1.165, 1.54) is 16.3 Å². The highest BCUT2D eigenvalue weighted by Crippen LogP contribution is 2.47. The molecular formula is C61H41N5. The number of pyridine rings is 1. The van der Waals surface area contributed by atoms with Crippen molar-refractivity contribution >= 4 is 70.8 Å². The average Bonchev–Trinajstić information content (AvgIpc) is 3.86. The van der Waals surface area contributed by atoms with E-state index in [9.17, 15) is 5.26 Å². The molecule has 0 saturated carbocycles. The monoisotopic (exact) mass is 843 g/mol. The van der Waals surface area contributed by atoms with Gasteiger partial charge in [0.1, 0.15) is 0 Å². The largest absolute Gasteiger partial charge is 0.309 e. The van der Waals surface area contributed by atoms with Gasteiger partial charge in [-0.3, -0.25) is 4.98 Å². The van der Waals surface area contributed by atoms with Crippen molar-refractivity contribution in [3.63, 3.8) is 0 Å². The molecule has 0 aliphatic heterocycles. The number of rotatable bonds is 5. The van der Waals surface area contributed by atoms with Crippen molar-refractivity contribution in [2.45, 2.75) is 26.2 Å². The summed E-state index contributed by atoms with van der Waals surface area (Å²) in [6.45, 7) is 14.8. The highest BCUT2D eigenvalue weighted by Gasteiger charge is 2.25. The summed E-state index contributed by atoms with van der Waals surface area (Å²) in [4.78, 5) is 8.80. The van der Waals surface area contributed by atoms with Crippen LogP contribution in [0.2, 0.25) is 0 Å². The van der Waals surface area contributed by atoms with E-state index in [1.54, 1.807) is 0 Å². The van der Waals surface area contributed by atoms with E-state index in [4.69, 9.17) is 11.6 Å². The molecule has 0 N–H and O–H groups in total. The van der Waals surface area contributed by atoms with Gasteiger partial charge in [-0.2, -0.15) is 5.26 Å². The Kier molecular flexibility index (Phi) is 8.79. The van der Waals surface area contributed by atoms with Gasteiger partial charge in [0, 0.05) is 39.3 Å². The van der Waals surface area contributed by atoms with E-state index in [1.807, 2.05) is 48.7 Å². The Balaban J connectivity index is 1.08. The topological polar surface area (TPSA) is 50.9 Å². The van der Waals surface area contributed by atoms with E-state index < -0.39 is 0 Å². The van der Waals surface area contributed by atoms with Gasteiger partial charge < -0.3 is 9.13 Å². The van der Waals surface area contributed by atoms with E-state index in [0.29, 0.717) is 11.3 Å². The van der Waals surface area contributed by atoms with E-state index in [0.717, 1.165) is 99.3 Å². The predicted octanol–water partition coefficient (Wildman–Crippen LogP) is 16.3. The van der Waals surface area contributed by atoms with Crippen LogP contribution < -0.4 is 0 Å². The zero-order chi connectivity index (χ0) is 44.7. The van der Waals surface area contributed by atoms with Crippen LogP contribution in [0.1, 0.15) is 31.9 Å². The van der Waals surface area contributed by atoms with Gasteiger partial charge in [-0.25, -0.2) is 4.85 Å². The second kappa shape index (κ2) is 14.9. The van der Waals surface area contributed by atoms with Gasteiger partial charge in [-0.15, -0.1) is 0 Å². The van der Waals surface area contributed by atoms with Gasteiger partial charge in [-0.05, 0) is 163 Å². The fourth-order valence-corrected chi connectivity index (χ4v) is 10.4. The molecule has 0 bridgehead atoms. The molecule has 0 fully saturated rings. The summed E-state index contributed by atoms with van der Waals surface area (Å²) in [5, 5.41) is 19.0. The molecule has 66 heavy (non-hydrogen) atoms. The molecule has 0 aliphatic carbocycles. The van der Waals surface area contributed by atoms with Crippen LogP contribution in [-0.2, 0) is 5.41 Å². The Hall–Kier alpha value is -8.77. The molecule has 12 rings (SSSR count). The fraction of sp³-hybridized carbons (Fsp3) is 0.0656. The molecule has 0 spiro atoms. The predicted molar refractivity (Wildman–Crippen MR) is 274 cm³/mol. The number of para-hydroxylation sites is 2. The molecule has 3 aromatic heterocycles. The van der Waals surface area contributed by atoms with Crippen molar-refractivity contribution in [3.05, 3.63) is 217 Å². The third kappa shape index (κ3) is 6.10. The molecule has 5 heteroatoms. The van der Waals surface area contributed by atoms with Gasteiger partial charge in [0.2, 0.25) is 0 Å². The summed E-state index contributed by atoms with van der Waals surface area (Å²) in [5.74, 6) is 0. The number of hydrogen-bond acceptors (Lipinski definition) is 2. The number of nitriles is 1. The van der Waals surface area contributed by atoms with Crippen molar-refractivity contribution < 1.29 is 0 Å². The van der Waals surface area contributed by atoms with Crippen LogP contribution in [0.25, 0.3) is 115 Å². The SMILES string of the molecule is [C-]#[N+]c1ccc2c(c1)c1cc(-c3ccc4c(C(C)(C)C)c5cc(-c6ccc7c(c6)c6cc(C#N)ccc6n7-c6ccccc6)ccc5c(-c5ccccn5)c4c3)ccc1n2-c1ccccc1. The molecule has 12 aromatic rings. The summed E-state index contributed by atoms with van der Waals surface area (Å²) < 4.78 is 4.59. The van der Waals surface area contributed by atoms with Gasteiger partial charge in [0.05, 0.1) is 46.0 Å². The molecule has 0 unspecified atom stereocenters. The molecule has 0 saturated heterocycles. The number of benzene rings is 9. The van der Waals surface area contributed by atoms with E-state index in [-0.39, 0.29) is 5.41 Å². The first kappa shape index (κ1) is 38.9. The number of aromatic nitrogens is 3. The smallest absolute Gasteiger partial charge is 0.188 e. The summed E-state index contributed by atoms with van der Waals surface area (Å²) in [5.41, 5.74) is 15.3. The van der Waals surface area contributed by atoms with Crippen LogP contribution in [0, 0.1) is 17.9 Å². The Morgan fingerprint density at radius 1 is 0.470 bits per heavy atom. The van der Waals surface area contributed by atoms with Crippen molar-refractivity contribution in [3.8, 4) is 51.0 Å². The standard InChI is InChI=1S/C61H41N5/c1-61(2,3)60-47-25-20-39(41-21-28-57-50(33-41)51-36-43(63-4)23-29-58(51)66(57)45-15-9-6-10-16-45)34-52(47)59(54-17-11-12-30-64-54)46-24-19-40(35-53(46)60)42-22-27-56-49(32-42)48-31-38(37-62)18-26-55(48)65(56)44-13-7-5-8-14-44/h5-36H,1-3H3. The zero-order valence-corrected chi connectivity index (χ0v) is 36.7. The summed E-state index contributed by atoms with van der Waals surface area (Å²) in [6.07, 6.45) is 1.88. The van der Waals surface area contributed by atoms with E-state index >= 15 is 0 Å². The quantitative estimate of drug-likeness (QED) is 0.128. The molecule has 0 radical (unpaired) electrons. The first-order valence-corrected chi connectivity index (χ1v) is 22.3. The zero-order valence-electron chi connectivity index (χ0n) is 36.7. The third-order valence-electron chi connectivity index (χ3n) is 13.3. The Morgan fingerprint density at radius 3 is 1.50 bits per heavy atom. The molecule has 0 amide bonds. The van der Waals surface area contributed by atoms with Crippen LogP contribution in [-0.4, -0.2) is 14.1 Å². The lowest BCUT2D eigenvalue weighted by atomic mass is 9.77. The second-order valence-electron chi connectivity index (χ2n) is 18.2. The molecular weight excluding hydrogens is 803 g/mol. The lowest BCUT2D eigenvalue weighted by Gasteiger charge is -2.27. The van der Waals surface area contributed by atoms with E-state index in [2.05, 4.69) is 186 Å². The third-order valence-corrected chi connectivity index (χ3v) is 13.3. The van der Waals surface area contributed by atoms with Crippen molar-refractivity contribution in [1.82, 2.24) is 14.1 Å². The van der Waals surface area contributed by atoms with Crippen molar-refractivity contribution in [2.24, 2.45) is 0 Å². The van der Waals surface area contributed by atoms with Crippen LogP contribution in [0.15, 0.2) is 194 Å². The number of fused-ring (bicyclic) bond motifs is 8. The van der Waals surface area contributed by atoms with Crippen molar-refractivity contribution in [2.75, 3.05) is 0 Å². The Morgan fingerprint density at radius 2 is 0.955 bits per heavy atom. The van der Waals surface area contributed by atoms with Gasteiger partial charge in [0.15, 0.2) is 5.69 Å². The second-order valence-corrected chi connectivity index (χ2v) is 18.2. The minimum absolute atomic E-state index is 0.209. The number of nitrogens with zero attached hydrogens (tertiary/aromatic N) is 5. The van der Waals surface area contributed by atoms with Crippen molar-refractivity contribution in [1.29, 1.82) is 5.26 Å². The molecule has 5 nitrogen and oxygen atoms in total. The summed E-state index contributed by atoms with van der Waals surface area (Å²) >= 11 is 0. The first-order valence-electron chi connectivity index (χ1n) is 22.3.